The van der Waals surface area contributed by atoms with E-state index in [4.69, 9.17) is 16.3 Å². The van der Waals surface area contributed by atoms with E-state index in [1.54, 1.807) is 11.8 Å². The van der Waals surface area contributed by atoms with Gasteiger partial charge in [-0.05, 0) is 68.0 Å². The van der Waals surface area contributed by atoms with Gasteiger partial charge in [0.05, 0.1) is 11.5 Å². The lowest BCUT2D eigenvalue weighted by Gasteiger charge is -2.31. The minimum absolute atomic E-state index is 0.00232. The number of aryl methyl sites for hydroxylation is 3. The van der Waals surface area contributed by atoms with Crippen molar-refractivity contribution in [3.05, 3.63) is 63.7 Å². The number of nitrogens with zero attached hydrogens (tertiary/aromatic N) is 1. The quantitative estimate of drug-likeness (QED) is 0.606. The van der Waals surface area contributed by atoms with Crippen LogP contribution in [0, 0.1) is 13.8 Å². The van der Waals surface area contributed by atoms with Gasteiger partial charge in [-0.1, -0.05) is 42.8 Å². The van der Waals surface area contributed by atoms with Crippen molar-refractivity contribution in [1.82, 2.24) is 4.90 Å². The monoisotopic (exact) mass is 463 g/mol. The van der Waals surface area contributed by atoms with Crippen LogP contribution in [0.25, 0.3) is 0 Å². The molecule has 3 rings (SSSR count). The number of benzene rings is 2. The summed E-state index contributed by atoms with van der Waals surface area (Å²) >= 11 is 6.24. The van der Waals surface area contributed by atoms with Gasteiger partial charge < -0.3 is 9.64 Å². The maximum Gasteiger partial charge on any atom is 0.263 e. The van der Waals surface area contributed by atoms with Crippen LogP contribution in [-0.2, 0) is 27.6 Å². The Hall–Kier alpha value is -2.05. The Kier molecular flexibility index (Phi) is 7.32. The fraction of sp³-hybridized carbons (Fsp3) is 0.458. The third kappa shape index (κ3) is 5.80. The van der Waals surface area contributed by atoms with E-state index in [2.05, 4.69) is 6.92 Å². The first-order chi connectivity index (χ1) is 14.6. The molecule has 7 heteroatoms. The first kappa shape index (κ1) is 23.6. The molecule has 0 bridgehead atoms. The molecule has 1 aliphatic heterocycles. The third-order valence-electron chi connectivity index (χ3n) is 5.79. The molecule has 0 saturated carbocycles. The van der Waals surface area contributed by atoms with E-state index in [1.807, 2.05) is 50.2 Å². The number of hydrogen-bond donors (Lipinski definition) is 0. The van der Waals surface area contributed by atoms with Crippen molar-refractivity contribution < 1.29 is 17.9 Å². The van der Waals surface area contributed by atoms with E-state index >= 15 is 0 Å². The van der Waals surface area contributed by atoms with Gasteiger partial charge in [-0.15, -0.1) is 0 Å². The number of hydrogen-bond acceptors (Lipinski definition) is 4. The van der Waals surface area contributed by atoms with Crippen molar-refractivity contribution >= 4 is 27.3 Å². The van der Waals surface area contributed by atoms with Crippen LogP contribution in [0.5, 0.6) is 5.75 Å². The van der Waals surface area contributed by atoms with Gasteiger partial charge in [-0.25, -0.2) is 8.42 Å². The third-order valence-corrected chi connectivity index (χ3v) is 8.13. The van der Waals surface area contributed by atoms with Gasteiger partial charge in [0.1, 0.15) is 5.75 Å². The van der Waals surface area contributed by atoms with E-state index in [0.29, 0.717) is 23.7 Å². The highest BCUT2D eigenvalue weighted by molar-refractivity contribution is 7.91. The lowest BCUT2D eigenvalue weighted by Crippen LogP contribution is -2.46. The molecule has 1 amide bonds. The van der Waals surface area contributed by atoms with Crippen molar-refractivity contribution in [1.29, 1.82) is 0 Å². The standard InChI is InChI=1S/C24H30ClNO4S/c1-5-19-6-8-20(9-7-19)14-26(21-10-11-31(28,29)15-21)24(27)18(4)30-22-12-16(2)23(25)17(3)13-22/h6-9,12-13,18,21H,5,10-11,14-15H2,1-4H3/t18-,21+/m1/s1. The molecule has 1 heterocycles. The average Bonchev–Trinajstić information content (AvgIpc) is 3.09. The Morgan fingerprint density at radius 3 is 2.26 bits per heavy atom. The second-order valence-electron chi connectivity index (χ2n) is 8.32. The highest BCUT2D eigenvalue weighted by Gasteiger charge is 2.36. The molecule has 2 aromatic carbocycles. The summed E-state index contributed by atoms with van der Waals surface area (Å²) in [6, 6.07) is 11.4. The number of carbonyl (C=O) groups excluding carboxylic acids is 1. The number of halogens is 1. The van der Waals surface area contributed by atoms with Crippen molar-refractivity contribution in [2.75, 3.05) is 11.5 Å². The largest absolute Gasteiger partial charge is 0.481 e. The van der Waals surface area contributed by atoms with Gasteiger partial charge in [0.25, 0.3) is 5.91 Å². The Bertz CT molecular complexity index is 1030. The molecule has 1 fully saturated rings. The van der Waals surface area contributed by atoms with Crippen LogP contribution in [0.15, 0.2) is 36.4 Å². The number of carbonyl (C=O) groups is 1. The lowest BCUT2D eigenvalue weighted by molar-refractivity contribution is -0.140. The first-order valence-electron chi connectivity index (χ1n) is 10.6. The SMILES string of the molecule is CCc1ccc(CN(C(=O)[C@@H](C)Oc2cc(C)c(Cl)c(C)c2)[C@H]2CCS(=O)(=O)C2)cc1. The molecule has 2 atom stereocenters. The fourth-order valence-corrected chi connectivity index (χ4v) is 5.79. The summed E-state index contributed by atoms with van der Waals surface area (Å²) in [5.74, 6) is 0.470. The maximum absolute atomic E-state index is 13.4. The van der Waals surface area contributed by atoms with Gasteiger partial charge in [0.15, 0.2) is 15.9 Å². The normalized spacial score (nSPS) is 18.5. The topological polar surface area (TPSA) is 63.7 Å². The summed E-state index contributed by atoms with van der Waals surface area (Å²) < 4.78 is 30.1. The molecule has 168 valence electrons. The predicted molar refractivity (Wildman–Crippen MR) is 124 cm³/mol. The average molecular weight is 464 g/mol. The summed E-state index contributed by atoms with van der Waals surface area (Å²) in [6.07, 6.45) is 0.639. The molecule has 0 unspecified atom stereocenters. The Morgan fingerprint density at radius 1 is 1.16 bits per heavy atom. The molecular weight excluding hydrogens is 434 g/mol. The molecule has 2 aromatic rings. The van der Waals surface area contributed by atoms with Crippen LogP contribution in [-0.4, -0.2) is 42.9 Å². The van der Waals surface area contributed by atoms with Crippen LogP contribution < -0.4 is 4.74 Å². The number of rotatable bonds is 7. The van der Waals surface area contributed by atoms with Crippen LogP contribution in [0.4, 0.5) is 0 Å². The molecular formula is C24H30ClNO4S. The summed E-state index contributed by atoms with van der Waals surface area (Å²) in [6.45, 7) is 7.94. The highest BCUT2D eigenvalue weighted by atomic mass is 35.5. The molecule has 31 heavy (non-hydrogen) atoms. The van der Waals surface area contributed by atoms with Gasteiger partial charge in [-0.2, -0.15) is 0 Å². The van der Waals surface area contributed by atoms with E-state index in [0.717, 1.165) is 23.1 Å². The molecule has 1 aliphatic rings. The maximum atomic E-state index is 13.4. The van der Waals surface area contributed by atoms with Crippen LogP contribution in [0.3, 0.4) is 0 Å². The van der Waals surface area contributed by atoms with Crippen molar-refractivity contribution in [3.63, 3.8) is 0 Å². The summed E-state index contributed by atoms with van der Waals surface area (Å²) in [5.41, 5.74) is 3.95. The Labute approximate surface area is 190 Å². The summed E-state index contributed by atoms with van der Waals surface area (Å²) in [7, 11) is -3.13. The van der Waals surface area contributed by atoms with Gasteiger partial charge in [0.2, 0.25) is 0 Å². The molecule has 0 radical (unpaired) electrons. The van der Waals surface area contributed by atoms with E-state index in [1.165, 1.54) is 5.56 Å². The number of ether oxygens (including phenoxy) is 1. The summed E-state index contributed by atoms with van der Waals surface area (Å²) in [4.78, 5) is 15.1. The highest BCUT2D eigenvalue weighted by Crippen LogP contribution is 2.27. The Balaban J connectivity index is 1.82. The minimum Gasteiger partial charge on any atom is -0.481 e. The molecule has 0 N–H and O–H groups in total. The molecule has 0 spiro atoms. The van der Waals surface area contributed by atoms with Crippen molar-refractivity contribution in [3.8, 4) is 5.75 Å². The second kappa shape index (κ2) is 9.61. The van der Waals surface area contributed by atoms with Crippen LogP contribution in [0.1, 0.15) is 42.5 Å². The predicted octanol–water partition coefficient (Wildman–Crippen LogP) is 4.50. The summed E-state index contributed by atoms with van der Waals surface area (Å²) in [5, 5.41) is 0.680. The lowest BCUT2D eigenvalue weighted by atomic mass is 10.1. The van der Waals surface area contributed by atoms with Crippen LogP contribution >= 0.6 is 11.6 Å². The van der Waals surface area contributed by atoms with Crippen molar-refractivity contribution in [2.45, 2.75) is 59.2 Å². The van der Waals surface area contributed by atoms with Gasteiger partial charge in [-0.3, -0.25) is 4.79 Å². The minimum atomic E-state index is -3.13. The van der Waals surface area contributed by atoms with E-state index in [9.17, 15) is 13.2 Å². The smallest absolute Gasteiger partial charge is 0.263 e. The zero-order valence-electron chi connectivity index (χ0n) is 18.5. The molecule has 0 aromatic heterocycles. The van der Waals surface area contributed by atoms with E-state index < -0.39 is 15.9 Å². The molecule has 1 saturated heterocycles. The van der Waals surface area contributed by atoms with Crippen molar-refractivity contribution in [2.24, 2.45) is 0 Å². The molecule has 0 aliphatic carbocycles. The molecule has 5 nitrogen and oxygen atoms in total. The zero-order chi connectivity index (χ0) is 22.8. The fourth-order valence-electron chi connectivity index (χ4n) is 3.95. The first-order valence-corrected chi connectivity index (χ1v) is 12.8. The number of amides is 1. The Morgan fingerprint density at radius 2 is 1.74 bits per heavy atom. The zero-order valence-corrected chi connectivity index (χ0v) is 20.1. The van der Waals surface area contributed by atoms with Crippen LogP contribution in [0.2, 0.25) is 5.02 Å². The second-order valence-corrected chi connectivity index (χ2v) is 10.9. The van der Waals surface area contributed by atoms with Gasteiger partial charge in [0, 0.05) is 17.6 Å². The van der Waals surface area contributed by atoms with Gasteiger partial charge >= 0.3 is 0 Å². The number of sulfone groups is 1. The van der Waals surface area contributed by atoms with E-state index in [-0.39, 0.29) is 23.5 Å².